The van der Waals surface area contributed by atoms with E-state index < -0.39 is 28.0 Å². The fourth-order valence-corrected chi connectivity index (χ4v) is 5.00. The van der Waals surface area contributed by atoms with Crippen molar-refractivity contribution in [3.8, 4) is 11.6 Å². The predicted molar refractivity (Wildman–Crippen MR) is 109 cm³/mol. The number of rotatable bonds is 6. The van der Waals surface area contributed by atoms with E-state index in [-0.39, 0.29) is 16.2 Å². The molecule has 1 aliphatic rings. The predicted octanol–water partition coefficient (Wildman–Crippen LogP) is 3.56. The SMILES string of the molecule is COc1ccc(CN2CCC2)c2cc(OC(=O)C(F)(F)F)n(S(=O)(=O)c3ccccc3)c12. The molecule has 0 aliphatic carbocycles. The molecule has 1 saturated heterocycles. The maximum absolute atomic E-state index is 13.5. The van der Waals surface area contributed by atoms with E-state index in [1.165, 1.54) is 31.4 Å². The number of likely N-dealkylation sites (tertiary alicyclic amines) is 1. The zero-order valence-corrected chi connectivity index (χ0v) is 17.7. The molecule has 0 unspecified atom stereocenters. The summed E-state index contributed by atoms with van der Waals surface area (Å²) in [5, 5.41) is 0.320. The van der Waals surface area contributed by atoms with E-state index in [1.807, 2.05) is 0 Å². The summed E-state index contributed by atoms with van der Waals surface area (Å²) in [7, 11) is -3.12. The van der Waals surface area contributed by atoms with Gasteiger partial charge in [0.05, 0.1) is 12.0 Å². The molecule has 3 aromatic rings. The number of ether oxygens (including phenoxy) is 2. The highest BCUT2D eigenvalue weighted by Gasteiger charge is 2.43. The van der Waals surface area contributed by atoms with E-state index in [0.29, 0.717) is 21.5 Å². The van der Waals surface area contributed by atoms with Gasteiger partial charge in [0.25, 0.3) is 10.0 Å². The highest BCUT2D eigenvalue weighted by Crippen LogP contribution is 2.39. The van der Waals surface area contributed by atoms with Gasteiger partial charge in [0.1, 0.15) is 11.3 Å². The smallest absolute Gasteiger partial charge is 0.491 e. The summed E-state index contributed by atoms with van der Waals surface area (Å²) in [6.07, 6.45) is -4.28. The standard InChI is InChI=1S/C21H19F3N2O5S/c1-30-17-9-8-14(13-25-10-5-11-25)16-12-18(31-20(27)21(22,23)24)26(19(16)17)32(28,29)15-6-3-2-4-7-15/h2-4,6-9,12H,5,10-11,13H2,1H3. The lowest BCUT2D eigenvalue weighted by Crippen LogP contribution is -2.36. The molecule has 0 bridgehead atoms. The fourth-order valence-electron chi connectivity index (χ4n) is 3.54. The lowest BCUT2D eigenvalue weighted by Gasteiger charge is -2.30. The minimum Gasteiger partial charge on any atom is -0.495 e. The Labute approximate surface area is 182 Å². The summed E-state index contributed by atoms with van der Waals surface area (Å²) in [6.45, 7) is 2.17. The van der Waals surface area contributed by atoms with Crippen LogP contribution in [0.2, 0.25) is 0 Å². The van der Waals surface area contributed by atoms with Gasteiger partial charge >= 0.3 is 12.1 Å². The van der Waals surface area contributed by atoms with Gasteiger partial charge in [-0.3, -0.25) is 4.90 Å². The van der Waals surface area contributed by atoms with E-state index in [0.717, 1.165) is 25.6 Å². The van der Waals surface area contributed by atoms with Crippen molar-refractivity contribution in [2.45, 2.75) is 24.0 Å². The molecule has 170 valence electrons. The van der Waals surface area contributed by atoms with Crippen molar-refractivity contribution < 1.29 is 35.9 Å². The third-order valence-corrected chi connectivity index (χ3v) is 6.93. The van der Waals surface area contributed by atoms with Gasteiger partial charge in [-0.2, -0.15) is 17.1 Å². The number of carbonyl (C=O) groups excluding carboxylic acids is 1. The zero-order chi connectivity index (χ0) is 23.1. The van der Waals surface area contributed by atoms with E-state index in [2.05, 4.69) is 9.64 Å². The van der Waals surface area contributed by atoms with Crippen molar-refractivity contribution in [3.63, 3.8) is 0 Å². The third kappa shape index (κ3) is 3.93. The lowest BCUT2D eigenvalue weighted by atomic mass is 10.1. The molecule has 11 heteroatoms. The van der Waals surface area contributed by atoms with Crippen molar-refractivity contribution in [2.24, 2.45) is 0 Å². The van der Waals surface area contributed by atoms with Crippen LogP contribution in [0.3, 0.4) is 0 Å². The first-order valence-electron chi connectivity index (χ1n) is 9.66. The fraction of sp³-hybridized carbons (Fsp3) is 0.286. The van der Waals surface area contributed by atoms with Crippen LogP contribution in [0.15, 0.2) is 53.4 Å². The Hall–Kier alpha value is -3.05. The van der Waals surface area contributed by atoms with Crippen molar-refractivity contribution >= 4 is 26.9 Å². The molecule has 32 heavy (non-hydrogen) atoms. The lowest BCUT2D eigenvalue weighted by molar-refractivity contribution is -0.190. The average Bonchev–Trinajstić information content (AvgIpc) is 3.10. The minimum atomic E-state index is -5.30. The molecular weight excluding hydrogens is 449 g/mol. The van der Waals surface area contributed by atoms with Crippen molar-refractivity contribution in [1.82, 2.24) is 8.87 Å². The molecule has 1 fully saturated rings. The summed E-state index contributed by atoms with van der Waals surface area (Å²) in [4.78, 5) is 13.5. The van der Waals surface area contributed by atoms with Gasteiger partial charge in [-0.05, 0) is 43.3 Å². The summed E-state index contributed by atoms with van der Waals surface area (Å²) >= 11 is 0. The molecule has 0 radical (unpaired) electrons. The molecule has 0 saturated carbocycles. The second-order valence-corrected chi connectivity index (χ2v) is 9.06. The van der Waals surface area contributed by atoms with E-state index in [9.17, 15) is 26.4 Å². The van der Waals surface area contributed by atoms with Crippen LogP contribution >= 0.6 is 0 Å². The van der Waals surface area contributed by atoms with Gasteiger partial charge in [0.2, 0.25) is 5.88 Å². The van der Waals surface area contributed by atoms with Gasteiger partial charge in [-0.1, -0.05) is 24.3 Å². The second kappa shape index (κ2) is 8.14. The number of nitrogens with zero attached hydrogens (tertiary/aromatic N) is 2. The Morgan fingerprint density at radius 2 is 1.78 bits per heavy atom. The molecule has 0 amide bonds. The van der Waals surface area contributed by atoms with Crippen LogP contribution < -0.4 is 9.47 Å². The Balaban J connectivity index is 1.98. The summed E-state index contributed by atoms with van der Waals surface area (Å²) in [5.41, 5.74) is 0.672. The molecule has 4 rings (SSSR count). The quantitative estimate of drug-likeness (QED) is 0.515. The van der Waals surface area contributed by atoms with Crippen molar-refractivity contribution in [2.75, 3.05) is 20.2 Å². The van der Waals surface area contributed by atoms with Crippen LogP contribution in [0.25, 0.3) is 10.9 Å². The third-order valence-electron chi connectivity index (χ3n) is 5.21. The monoisotopic (exact) mass is 468 g/mol. The highest BCUT2D eigenvalue weighted by atomic mass is 32.2. The van der Waals surface area contributed by atoms with Gasteiger partial charge in [-0.25, -0.2) is 13.2 Å². The largest absolute Gasteiger partial charge is 0.495 e. The molecule has 2 heterocycles. The van der Waals surface area contributed by atoms with Crippen molar-refractivity contribution in [1.29, 1.82) is 0 Å². The number of aromatic nitrogens is 1. The van der Waals surface area contributed by atoms with Crippen LogP contribution in [0.5, 0.6) is 11.6 Å². The molecule has 2 aromatic carbocycles. The maximum atomic E-state index is 13.5. The molecule has 7 nitrogen and oxygen atoms in total. The van der Waals surface area contributed by atoms with Crippen LogP contribution in [-0.2, 0) is 21.4 Å². The van der Waals surface area contributed by atoms with Crippen LogP contribution in [0, 0.1) is 0 Å². The number of esters is 1. The summed E-state index contributed by atoms with van der Waals surface area (Å²) < 4.78 is 76.2. The number of carbonyl (C=O) groups is 1. The van der Waals surface area contributed by atoms with E-state index in [4.69, 9.17) is 4.74 Å². The molecule has 0 atom stereocenters. The Morgan fingerprint density at radius 3 is 2.34 bits per heavy atom. The van der Waals surface area contributed by atoms with E-state index in [1.54, 1.807) is 18.2 Å². The Kier molecular flexibility index (Phi) is 5.63. The van der Waals surface area contributed by atoms with Crippen LogP contribution in [0.1, 0.15) is 12.0 Å². The normalized spacial score (nSPS) is 14.9. The van der Waals surface area contributed by atoms with Gasteiger partial charge in [-0.15, -0.1) is 0 Å². The number of benzene rings is 2. The number of halogens is 3. The second-order valence-electron chi connectivity index (χ2n) is 7.27. The summed E-state index contributed by atoms with van der Waals surface area (Å²) in [5.74, 6) is -3.17. The summed E-state index contributed by atoms with van der Waals surface area (Å²) in [6, 6.07) is 11.6. The molecular formula is C21H19F3N2O5S. The molecule has 0 N–H and O–H groups in total. The van der Waals surface area contributed by atoms with Gasteiger partial charge in [0.15, 0.2) is 0 Å². The number of fused-ring (bicyclic) bond motifs is 1. The average molecular weight is 468 g/mol. The van der Waals surface area contributed by atoms with Crippen molar-refractivity contribution in [3.05, 3.63) is 54.1 Å². The maximum Gasteiger partial charge on any atom is 0.491 e. The Morgan fingerprint density at radius 1 is 1.09 bits per heavy atom. The first-order valence-corrected chi connectivity index (χ1v) is 11.1. The number of alkyl halides is 3. The number of hydrogen-bond acceptors (Lipinski definition) is 6. The first-order chi connectivity index (χ1) is 15.1. The van der Waals surface area contributed by atoms with Crippen LogP contribution in [-0.4, -0.2) is 49.6 Å². The molecule has 0 spiro atoms. The minimum absolute atomic E-state index is 0.000601. The van der Waals surface area contributed by atoms with Gasteiger partial charge < -0.3 is 9.47 Å². The van der Waals surface area contributed by atoms with Gasteiger partial charge in [0, 0.05) is 18.0 Å². The molecule has 1 aromatic heterocycles. The van der Waals surface area contributed by atoms with Crippen LogP contribution in [0.4, 0.5) is 13.2 Å². The zero-order valence-electron chi connectivity index (χ0n) is 16.9. The first kappa shape index (κ1) is 22.2. The highest BCUT2D eigenvalue weighted by molar-refractivity contribution is 7.90. The van der Waals surface area contributed by atoms with E-state index >= 15 is 0 Å². The Bertz CT molecular complexity index is 1270. The number of hydrogen-bond donors (Lipinski definition) is 0. The number of methoxy groups -OCH3 is 1. The molecule has 1 aliphatic heterocycles. The topological polar surface area (TPSA) is 77.8 Å².